The van der Waals surface area contributed by atoms with Gasteiger partial charge in [-0.15, -0.1) is 0 Å². The van der Waals surface area contributed by atoms with Crippen LogP contribution in [0.4, 0.5) is 4.79 Å². The summed E-state index contributed by atoms with van der Waals surface area (Å²) in [6, 6.07) is 9.29. The summed E-state index contributed by atoms with van der Waals surface area (Å²) >= 11 is 0. The van der Waals surface area contributed by atoms with Gasteiger partial charge in [0.1, 0.15) is 0 Å². The molecule has 5 nitrogen and oxygen atoms in total. The molecule has 15 heavy (non-hydrogen) atoms. The van der Waals surface area contributed by atoms with E-state index in [2.05, 4.69) is 10.1 Å². The molecule has 0 saturated carbocycles. The molecule has 80 valence electrons. The third-order valence-corrected chi connectivity index (χ3v) is 1.65. The summed E-state index contributed by atoms with van der Waals surface area (Å²) in [5, 5.41) is 2.43. The maximum Gasteiger partial charge on any atom is 0.415 e. The predicted octanol–water partition coefficient (Wildman–Crippen LogP) is 0.398. The van der Waals surface area contributed by atoms with E-state index in [1.165, 1.54) is 0 Å². The molecule has 0 heterocycles. The summed E-state index contributed by atoms with van der Waals surface area (Å²) in [6.45, 7) is 0.0102. The highest BCUT2D eigenvalue weighted by Gasteiger charge is 2.06. The van der Waals surface area contributed by atoms with Crippen molar-refractivity contribution in [1.82, 2.24) is 5.32 Å². The zero-order valence-corrected chi connectivity index (χ0v) is 8.10. The molecule has 0 spiro atoms. The van der Waals surface area contributed by atoms with Gasteiger partial charge in [-0.05, 0) is 5.56 Å². The number of nitrogens with two attached hydrogens (primary N) is 1. The Morgan fingerprint density at radius 2 is 1.93 bits per heavy atom. The Kier molecular flexibility index (Phi) is 4.30. The Labute approximate surface area is 87.2 Å². The summed E-state index contributed by atoms with van der Waals surface area (Å²) in [5.74, 6) is -0.749. The topological polar surface area (TPSA) is 81.4 Å². The minimum absolute atomic E-state index is 0.307. The van der Waals surface area contributed by atoms with Gasteiger partial charge in [0, 0.05) is 6.54 Å². The molecule has 0 aliphatic carbocycles. The van der Waals surface area contributed by atoms with E-state index in [0.717, 1.165) is 5.56 Å². The second-order valence-corrected chi connectivity index (χ2v) is 2.80. The van der Waals surface area contributed by atoms with Crippen molar-refractivity contribution in [2.75, 3.05) is 6.54 Å². The number of hydrogen-bond donors (Lipinski definition) is 2. The van der Waals surface area contributed by atoms with Crippen molar-refractivity contribution in [2.45, 2.75) is 6.54 Å². The SMILES string of the molecule is NCC(=O)OC(=O)NCc1ccccc1. The monoisotopic (exact) mass is 208 g/mol. The fourth-order valence-electron chi connectivity index (χ4n) is 0.951. The number of hydrogen-bond acceptors (Lipinski definition) is 4. The molecule has 5 heteroatoms. The van der Waals surface area contributed by atoms with E-state index in [0.29, 0.717) is 6.54 Å². The fraction of sp³-hybridized carbons (Fsp3) is 0.200. The summed E-state index contributed by atoms with van der Waals surface area (Å²) in [5.41, 5.74) is 5.90. The molecule has 3 N–H and O–H groups in total. The third-order valence-electron chi connectivity index (χ3n) is 1.65. The minimum Gasteiger partial charge on any atom is -0.375 e. The van der Waals surface area contributed by atoms with E-state index in [9.17, 15) is 9.59 Å². The van der Waals surface area contributed by atoms with Crippen molar-refractivity contribution in [3.8, 4) is 0 Å². The second kappa shape index (κ2) is 5.77. The highest BCUT2D eigenvalue weighted by Crippen LogP contribution is 1.97. The zero-order chi connectivity index (χ0) is 11.1. The normalized spacial score (nSPS) is 9.40. The average molecular weight is 208 g/mol. The molecule has 1 amide bonds. The zero-order valence-electron chi connectivity index (χ0n) is 8.10. The van der Waals surface area contributed by atoms with Gasteiger partial charge in [-0.2, -0.15) is 0 Å². The first-order valence-electron chi connectivity index (χ1n) is 4.45. The Bertz CT molecular complexity index is 338. The van der Waals surface area contributed by atoms with Crippen molar-refractivity contribution in [3.05, 3.63) is 35.9 Å². The van der Waals surface area contributed by atoms with E-state index in [4.69, 9.17) is 5.73 Å². The van der Waals surface area contributed by atoms with Crippen LogP contribution in [-0.2, 0) is 16.1 Å². The van der Waals surface area contributed by atoms with Crippen molar-refractivity contribution in [1.29, 1.82) is 0 Å². The van der Waals surface area contributed by atoms with Crippen LogP contribution in [-0.4, -0.2) is 18.6 Å². The molecule has 1 rings (SSSR count). The van der Waals surface area contributed by atoms with E-state index in [1.54, 1.807) is 0 Å². The number of carbonyl (C=O) groups excluding carboxylic acids is 2. The van der Waals surface area contributed by atoms with Gasteiger partial charge < -0.3 is 15.8 Å². The molecular formula is C10H12N2O3. The molecule has 0 saturated heterocycles. The first-order chi connectivity index (χ1) is 7.22. The number of benzene rings is 1. The van der Waals surface area contributed by atoms with E-state index in [-0.39, 0.29) is 6.54 Å². The summed E-state index contributed by atoms with van der Waals surface area (Å²) in [4.78, 5) is 21.6. The van der Waals surface area contributed by atoms with Crippen LogP contribution in [0.25, 0.3) is 0 Å². The Balaban J connectivity index is 2.32. The lowest BCUT2D eigenvalue weighted by atomic mass is 10.2. The lowest BCUT2D eigenvalue weighted by Gasteiger charge is -2.04. The molecule has 0 aromatic heterocycles. The first-order valence-corrected chi connectivity index (χ1v) is 4.45. The Morgan fingerprint density at radius 1 is 1.27 bits per heavy atom. The molecule has 0 fully saturated rings. The van der Waals surface area contributed by atoms with Crippen molar-refractivity contribution < 1.29 is 14.3 Å². The molecule has 0 bridgehead atoms. The van der Waals surface area contributed by atoms with Gasteiger partial charge in [0.15, 0.2) is 0 Å². The number of nitrogens with one attached hydrogen (secondary N) is 1. The lowest BCUT2D eigenvalue weighted by Crippen LogP contribution is -2.29. The summed E-state index contributed by atoms with van der Waals surface area (Å²) in [7, 11) is 0. The Hall–Kier alpha value is -1.88. The van der Waals surface area contributed by atoms with Crippen LogP contribution in [0.5, 0.6) is 0 Å². The molecule has 0 aliphatic rings. The predicted molar refractivity (Wildman–Crippen MR) is 53.8 cm³/mol. The van der Waals surface area contributed by atoms with Crippen LogP contribution in [0.2, 0.25) is 0 Å². The maximum absolute atomic E-state index is 11.0. The third kappa shape index (κ3) is 4.24. The molecule has 1 aromatic rings. The smallest absolute Gasteiger partial charge is 0.375 e. The van der Waals surface area contributed by atoms with E-state index < -0.39 is 12.1 Å². The van der Waals surface area contributed by atoms with Crippen LogP contribution in [0.1, 0.15) is 5.56 Å². The largest absolute Gasteiger partial charge is 0.415 e. The van der Waals surface area contributed by atoms with Crippen molar-refractivity contribution in [3.63, 3.8) is 0 Å². The van der Waals surface area contributed by atoms with Crippen LogP contribution in [0.3, 0.4) is 0 Å². The van der Waals surface area contributed by atoms with Crippen molar-refractivity contribution in [2.24, 2.45) is 5.73 Å². The maximum atomic E-state index is 11.0. The molecule has 0 atom stereocenters. The van der Waals surface area contributed by atoms with Gasteiger partial charge in [0.2, 0.25) is 0 Å². The summed E-state index contributed by atoms with van der Waals surface area (Å²) < 4.78 is 4.31. The fourth-order valence-corrected chi connectivity index (χ4v) is 0.951. The van der Waals surface area contributed by atoms with Crippen LogP contribution in [0, 0.1) is 0 Å². The van der Waals surface area contributed by atoms with E-state index >= 15 is 0 Å². The summed E-state index contributed by atoms with van der Waals surface area (Å²) in [6.07, 6.45) is -0.783. The van der Waals surface area contributed by atoms with Gasteiger partial charge in [-0.3, -0.25) is 4.79 Å². The molecule has 0 radical (unpaired) electrons. The number of carbonyl (C=O) groups is 2. The highest BCUT2D eigenvalue weighted by molar-refractivity contribution is 5.85. The van der Waals surface area contributed by atoms with Gasteiger partial charge in [-0.1, -0.05) is 30.3 Å². The number of ether oxygens (including phenoxy) is 1. The van der Waals surface area contributed by atoms with Gasteiger partial charge in [0.25, 0.3) is 0 Å². The molecule has 0 aliphatic heterocycles. The quantitative estimate of drug-likeness (QED) is 0.556. The van der Waals surface area contributed by atoms with Gasteiger partial charge >= 0.3 is 12.1 Å². The minimum atomic E-state index is -0.783. The number of alkyl carbamates (subject to hydrolysis) is 1. The van der Waals surface area contributed by atoms with Crippen molar-refractivity contribution >= 4 is 12.1 Å². The first kappa shape index (κ1) is 11.2. The van der Waals surface area contributed by atoms with Crippen LogP contribution < -0.4 is 11.1 Å². The van der Waals surface area contributed by atoms with Gasteiger partial charge in [0.05, 0.1) is 6.54 Å². The van der Waals surface area contributed by atoms with Crippen LogP contribution in [0.15, 0.2) is 30.3 Å². The standard InChI is InChI=1S/C10H12N2O3/c11-6-9(13)15-10(14)12-7-8-4-2-1-3-5-8/h1-5H,6-7,11H2,(H,12,14). The number of amides is 1. The van der Waals surface area contributed by atoms with Gasteiger partial charge in [-0.25, -0.2) is 4.79 Å². The van der Waals surface area contributed by atoms with E-state index in [1.807, 2.05) is 30.3 Å². The van der Waals surface area contributed by atoms with Crippen LogP contribution >= 0.6 is 0 Å². The average Bonchev–Trinajstić information content (AvgIpc) is 2.27. The number of rotatable bonds is 3. The number of esters is 1. The lowest BCUT2D eigenvalue weighted by molar-refractivity contribution is -0.135. The molecule has 0 unspecified atom stereocenters. The highest BCUT2D eigenvalue weighted by atomic mass is 16.6. The second-order valence-electron chi connectivity index (χ2n) is 2.80. The Morgan fingerprint density at radius 3 is 2.53 bits per heavy atom. The molecular weight excluding hydrogens is 196 g/mol. The molecule has 1 aromatic carbocycles.